The lowest BCUT2D eigenvalue weighted by atomic mass is 10.2. The Kier molecular flexibility index (Phi) is 6.63. The summed E-state index contributed by atoms with van der Waals surface area (Å²) in [5, 5.41) is 23.4. The summed E-state index contributed by atoms with van der Waals surface area (Å²) in [7, 11) is 0. The Morgan fingerprint density at radius 1 is 1.21 bits per heavy atom. The van der Waals surface area contributed by atoms with Gasteiger partial charge in [0.15, 0.2) is 0 Å². The van der Waals surface area contributed by atoms with Gasteiger partial charge < -0.3 is 4.74 Å². The van der Waals surface area contributed by atoms with Gasteiger partial charge >= 0.3 is 0 Å². The average Bonchev–Trinajstić information content (AvgIpc) is 3.32. The van der Waals surface area contributed by atoms with Gasteiger partial charge in [-0.05, 0) is 36.8 Å². The van der Waals surface area contributed by atoms with E-state index < -0.39 is 10.8 Å². The molecular formula is C23H19N7O4. The Labute approximate surface area is 193 Å². The van der Waals surface area contributed by atoms with Crippen LogP contribution in [-0.2, 0) is 6.61 Å². The highest BCUT2D eigenvalue weighted by atomic mass is 16.6. The van der Waals surface area contributed by atoms with Gasteiger partial charge in [-0.25, -0.2) is 10.1 Å². The van der Waals surface area contributed by atoms with E-state index in [0.29, 0.717) is 22.6 Å². The predicted molar refractivity (Wildman–Crippen MR) is 123 cm³/mol. The Balaban J connectivity index is 1.49. The molecule has 0 spiro atoms. The van der Waals surface area contributed by atoms with Crippen molar-refractivity contribution < 1.29 is 14.5 Å². The number of ether oxygens (including phenoxy) is 1. The molecule has 0 fully saturated rings. The van der Waals surface area contributed by atoms with Gasteiger partial charge in [0.1, 0.15) is 18.1 Å². The van der Waals surface area contributed by atoms with E-state index in [4.69, 9.17) is 4.74 Å². The summed E-state index contributed by atoms with van der Waals surface area (Å²) in [6, 6.07) is 14.9. The number of nitrogens with one attached hydrogen (secondary N) is 1. The molecule has 1 N–H and O–H groups in total. The van der Waals surface area contributed by atoms with E-state index in [1.54, 1.807) is 10.9 Å². The number of nitrogens with zero attached hydrogens (tertiary/aromatic N) is 6. The number of hydrogen-bond donors (Lipinski definition) is 1. The third kappa shape index (κ3) is 5.27. The minimum Gasteiger partial charge on any atom is -0.486 e. The largest absolute Gasteiger partial charge is 0.486 e. The molecule has 0 atom stereocenters. The molecule has 4 aromatic rings. The van der Waals surface area contributed by atoms with Crippen molar-refractivity contribution in [3.8, 4) is 11.4 Å². The molecule has 34 heavy (non-hydrogen) atoms. The van der Waals surface area contributed by atoms with Crippen LogP contribution in [0.25, 0.3) is 5.69 Å². The van der Waals surface area contributed by atoms with E-state index >= 15 is 0 Å². The molecule has 0 aliphatic rings. The second-order valence-electron chi connectivity index (χ2n) is 7.14. The zero-order chi connectivity index (χ0) is 23.9. The van der Waals surface area contributed by atoms with Crippen LogP contribution in [0.15, 0.2) is 78.3 Å². The van der Waals surface area contributed by atoms with Gasteiger partial charge in [0.25, 0.3) is 11.6 Å². The lowest BCUT2D eigenvalue weighted by Crippen LogP contribution is -2.17. The summed E-state index contributed by atoms with van der Waals surface area (Å²) in [5.74, 6) is -0.114. The van der Waals surface area contributed by atoms with Crippen LogP contribution in [0.3, 0.4) is 0 Å². The van der Waals surface area contributed by atoms with E-state index in [1.165, 1.54) is 48.9 Å². The molecule has 1 amide bonds. The number of pyridine rings is 1. The van der Waals surface area contributed by atoms with Crippen molar-refractivity contribution >= 4 is 17.8 Å². The highest BCUT2D eigenvalue weighted by Crippen LogP contribution is 2.24. The average molecular weight is 457 g/mol. The zero-order valence-corrected chi connectivity index (χ0v) is 18.0. The summed E-state index contributed by atoms with van der Waals surface area (Å²) in [5.41, 5.74) is 5.43. The molecule has 11 nitrogen and oxygen atoms in total. The third-order valence-electron chi connectivity index (χ3n) is 4.80. The van der Waals surface area contributed by atoms with Crippen LogP contribution in [0, 0.1) is 17.0 Å². The summed E-state index contributed by atoms with van der Waals surface area (Å²) < 4.78 is 7.48. The van der Waals surface area contributed by atoms with E-state index in [9.17, 15) is 14.9 Å². The fourth-order valence-corrected chi connectivity index (χ4v) is 3.06. The molecule has 0 saturated heterocycles. The Morgan fingerprint density at radius 2 is 2.00 bits per heavy atom. The van der Waals surface area contributed by atoms with Crippen LogP contribution in [0.5, 0.6) is 5.75 Å². The van der Waals surface area contributed by atoms with Gasteiger partial charge in [0.05, 0.1) is 23.0 Å². The highest BCUT2D eigenvalue weighted by molar-refractivity contribution is 5.95. The summed E-state index contributed by atoms with van der Waals surface area (Å²) in [4.78, 5) is 26.7. The maximum atomic E-state index is 12.1. The second-order valence-corrected chi connectivity index (χ2v) is 7.14. The SMILES string of the molecule is Cc1ccccc1-n1cc(COc2ccc([N+](=O)[O-])cc2/C=N/NC(=O)c2ccncc2)nn1. The first-order valence-electron chi connectivity index (χ1n) is 10.1. The van der Waals surface area contributed by atoms with Crippen LogP contribution in [0.4, 0.5) is 5.69 Å². The van der Waals surface area contributed by atoms with Crippen molar-refractivity contribution in [3.63, 3.8) is 0 Å². The standard InChI is InChI=1S/C23H19N7O4/c1-16-4-2-3-5-21(16)29-14-19(26-28-29)15-34-22-7-6-20(30(32)33)12-18(22)13-25-27-23(31)17-8-10-24-11-9-17/h2-14H,15H2,1H3,(H,27,31)/b25-13+. The Bertz CT molecular complexity index is 1350. The van der Waals surface area contributed by atoms with E-state index in [1.807, 2.05) is 31.2 Å². The summed E-state index contributed by atoms with van der Waals surface area (Å²) in [6.07, 6.45) is 6.00. The number of rotatable bonds is 8. The molecule has 170 valence electrons. The zero-order valence-electron chi connectivity index (χ0n) is 18.0. The number of hydrazone groups is 1. The Morgan fingerprint density at radius 3 is 2.76 bits per heavy atom. The number of carbonyl (C=O) groups excluding carboxylic acids is 1. The third-order valence-corrected chi connectivity index (χ3v) is 4.80. The first kappa shape index (κ1) is 22.3. The first-order valence-corrected chi connectivity index (χ1v) is 10.1. The smallest absolute Gasteiger partial charge is 0.271 e. The minimum absolute atomic E-state index is 0.0773. The molecule has 2 aromatic carbocycles. The highest BCUT2D eigenvalue weighted by Gasteiger charge is 2.13. The van der Waals surface area contributed by atoms with Crippen molar-refractivity contribution in [1.29, 1.82) is 0 Å². The molecule has 0 aliphatic heterocycles. The molecule has 0 saturated carbocycles. The van der Waals surface area contributed by atoms with Crippen LogP contribution < -0.4 is 10.2 Å². The molecule has 2 heterocycles. The number of non-ortho nitro benzene ring substituents is 1. The Hall–Kier alpha value is -4.93. The van der Waals surface area contributed by atoms with Crippen molar-refractivity contribution in [2.24, 2.45) is 5.10 Å². The summed E-state index contributed by atoms with van der Waals surface area (Å²) >= 11 is 0. The number of hydrogen-bond acceptors (Lipinski definition) is 8. The van der Waals surface area contributed by atoms with Crippen LogP contribution in [0.1, 0.15) is 27.2 Å². The number of carbonyl (C=O) groups is 1. The van der Waals surface area contributed by atoms with Gasteiger partial charge in [0, 0.05) is 35.7 Å². The maximum absolute atomic E-state index is 12.1. The van der Waals surface area contributed by atoms with E-state index in [2.05, 4.69) is 25.8 Å². The van der Waals surface area contributed by atoms with Crippen molar-refractivity contribution in [2.75, 3.05) is 0 Å². The van der Waals surface area contributed by atoms with E-state index in [-0.39, 0.29) is 12.3 Å². The molecule has 0 bridgehead atoms. The monoisotopic (exact) mass is 457 g/mol. The molecular weight excluding hydrogens is 438 g/mol. The molecule has 0 unspecified atom stereocenters. The van der Waals surface area contributed by atoms with Gasteiger partial charge in [0.2, 0.25) is 0 Å². The predicted octanol–water partition coefficient (Wildman–Crippen LogP) is 3.22. The first-order chi connectivity index (χ1) is 16.5. The second kappa shape index (κ2) is 10.1. The lowest BCUT2D eigenvalue weighted by molar-refractivity contribution is -0.384. The fourth-order valence-electron chi connectivity index (χ4n) is 3.06. The molecule has 11 heteroatoms. The van der Waals surface area contributed by atoms with Gasteiger partial charge in [-0.3, -0.25) is 19.9 Å². The molecule has 0 radical (unpaired) electrons. The fraction of sp³-hybridized carbons (Fsp3) is 0.0870. The number of nitro benzene ring substituents is 1. The topological polar surface area (TPSA) is 137 Å². The summed E-state index contributed by atoms with van der Waals surface area (Å²) in [6.45, 7) is 2.05. The van der Waals surface area contributed by atoms with Crippen LogP contribution in [0.2, 0.25) is 0 Å². The van der Waals surface area contributed by atoms with Crippen molar-refractivity contribution in [1.82, 2.24) is 25.4 Å². The normalized spacial score (nSPS) is 10.9. The number of nitro groups is 1. The lowest BCUT2D eigenvalue weighted by Gasteiger charge is -2.08. The quantitative estimate of drug-likeness (QED) is 0.244. The van der Waals surface area contributed by atoms with Crippen molar-refractivity contribution in [2.45, 2.75) is 13.5 Å². The van der Waals surface area contributed by atoms with E-state index in [0.717, 1.165) is 11.3 Å². The molecule has 2 aromatic heterocycles. The number of benzene rings is 2. The molecule has 4 rings (SSSR count). The minimum atomic E-state index is -0.523. The van der Waals surface area contributed by atoms with Crippen molar-refractivity contribution in [3.05, 3.63) is 106 Å². The van der Waals surface area contributed by atoms with Gasteiger partial charge in [-0.1, -0.05) is 23.4 Å². The maximum Gasteiger partial charge on any atom is 0.271 e. The van der Waals surface area contributed by atoms with Crippen LogP contribution >= 0.6 is 0 Å². The van der Waals surface area contributed by atoms with Crippen LogP contribution in [-0.4, -0.2) is 37.0 Å². The molecule has 0 aliphatic carbocycles. The number of para-hydroxylation sites is 1. The van der Waals surface area contributed by atoms with Gasteiger partial charge in [-0.15, -0.1) is 5.10 Å². The number of aryl methyl sites for hydroxylation is 1. The van der Waals surface area contributed by atoms with Gasteiger partial charge in [-0.2, -0.15) is 5.10 Å². The number of aromatic nitrogens is 4. The number of amides is 1.